The van der Waals surface area contributed by atoms with E-state index in [4.69, 9.17) is 5.11 Å². The number of hydrogen-bond donors (Lipinski definition) is 2. The van der Waals surface area contributed by atoms with Crippen molar-refractivity contribution in [2.24, 2.45) is 5.92 Å². The van der Waals surface area contributed by atoms with Crippen molar-refractivity contribution in [1.82, 2.24) is 9.88 Å². The van der Waals surface area contributed by atoms with Crippen LogP contribution in [0.25, 0.3) is 10.9 Å². The molecule has 0 aliphatic carbocycles. The molecule has 2 aromatic rings. The normalized spacial score (nSPS) is 18.3. The number of hydrogen-bond acceptors (Lipinski definition) is 2. The molecule has 0 bridgehead atoms. The summed E-state index contributed by atoms with van der Waals surface area (Å²) in [7, 11) is 0. The van der Waals surface area contributed by atoms with Crippen LogP contribution in [-0.2, 0) is 4.79 Å². The number of carbonyl (C=O) groups is 2. The zero-order valence-electron chi connectivity index (χ0n) is 12.7. The van der Waals surface area contributed by atoms with E-state index in [-0.39, 0.29) is 18.2 Å². The molecule has 0 spiro atoms. The van der Waals surface area contributed by atoms with Gasteiger partial charge in [0, 0.05) is 34.9 Å². The SMILES string of the molecule is O=C(O)CCC1CCCN(C(=O)c2cc3cc(Br)ccc3[nH]2)C1. The van der Waals surface area contributed by atoms with E-state index in [0.717, 1.165) is 34.8 Å². The van der Waals surface area contributed by atoms with Gasteiger partial charge in [-0.3, -0.25) is 9.59 Å². The molecule has 1 aromatic heterocycles. The maximum atomic E-state index is 12.7. The summed E-state index contributed by atoms with van der Waals surface area (Å²) in [6.07, 6.45) is 2.74. The minimum absolute atomic E-state index is 0.00246. The van der Waals surface area contributed by atoms with Crippen LogP contribution in [-0.4, -0.2) is 40.0 Å². The van der Waals surface area contributed by atoms with Gasteiger partial charge >= 0.3 is 5.97 Å². The number of likely N-dealkylation sites (tertiary alicyclic amines) is 1. The van der Waals surface area contributed by atoms with Crippen LogP contribution in [0.3, 0.4) is 0 Å². The van der Waals surface area contributed by atoms with E-state index < -0.39 is 5.97 Å². The van der Waals surface area contributed by atoms with Crippen LogP contribution < -0.4 is 0 Å². The Kier molecular flexibility index (Phi) is 4.71. The highest BCUT2D eigenvalue weighted by atomic mass is 79.9. The Morgan fingerprint density at radius 3 is 2.96 bits per heavy atom. The number of amides is 1. The van der Waals surface area contributed by atoms with E-state index in [9.17, 15) is 9.59 Å². The minimum Gasteiger partial charge on any atom is -0.481 e. The van der Waals surface area contributed by atoms with Crippen molar-refractivity contribution < 1.29 is 14.7 Å². The third-order valence-corrected chi connectivity index (χ3v) is 4.88. The highest BCUT2D eigenvalue weighted by molar-refractivity contribution is 9.10. The largest absolute Gasteiger partial charge is 0.481 e. The topological polar surface area (TPSA) is 73.4 Å². The van der Waals surface area contributed by atoms with Gasteiger partial charge in [0.1, 0.15) is 5.69 Å². The number of carboxylic acid groups (broad SMARTS) is 1. The first-order chi connectivity index (χ1) is 11.0. The molecule has 0 radical (unpaired) electrons. The number of carbonyl (C=O) groups excluding carboxylic acids is 1. The number of aromatic nitrogens is 1. The summed E-state index contributed by atoms with van der Waals surface area (Å²) >= 11 is 3.43. The molecule has 122 valence electrons. The van der Waals surface area contributed by atoms with Gasteiger partial charge in [0.05, 0.1) is 0 Å². The van der Waals surface area contributed by atoms with Gasteiger partial charge in [-0.2, -0.15) is 0 Å². The molecule has 1 fully saturated rings. The molecular formula is C17H19BrN2O3. The number of rotatable bonds is 4. The molecule has 2 N–H and O–H groups in total. The molecule has 3 rings (SSSR count). The molecule has 2 heterocycles. The molecular weight excluding hydrogens is 360 g/mol. The first kappa shape index (κ1) is 16.1. The predicted octanol–water partition coefficient (Wildman–Crippen LogP) is 3.65. The lowest BCUT2D eigenvalue weighted by Gasteiger charge is -2.32. The average Bonchev–Trinajstić information content (AvgIpc) is 2.95. The molecule has 1 unspecified atom stereocenters. The van der Waals surface area contributed by atoms with E-state index in [1.54, 1.807) is 0 Å². The van der Waals surface area contributed by atoms with Gasteiger partial charge in [0.25, 0.3) is 5.91 Å². The molecule has 6 heteroatoms. The number of nitrogens with zero attached hydrogens (tertiary/aromatic N) is 1. The summed E-state index contributed by atoms with van der Waals surface area (Å²) in [5.41, 5.74) is 1.54. The van der Waals surface area contributed by atoms with E-state index in [0.29, 0.717) is 18.7 Å². The smallest absolute Gasteiger partial charge is 0.303 e. The number of nitrogens with one attached hydrogen (secondary N) is 1. The van der Waals surface area contributed by atoms with E-state index in [2.05, 4.69) is 20.9 Å². The van der Waals surface area contributed by atoms with Crippen molar-refractivity contribution in [3.8, 4) is 0 Å². The molecule has 1 aliphatic rings. The summed E-state index contributed by atoms with van der Waals surface area (Å²) in [5, 5.41) is 9.81. The standard InChI is InChI=1S/C17H19BrN2O3/c18-13-4-5-14-12(8-13)9-15(19-14)17(23)20-7-1-2-11(10-20)3-6-16(21)22/h4-5,8-9,11,19H,1-3,6-7,10H2,(H,21,22). The summed E-state index contributed by atoms with van der Waals surface area (Å²) in [6, 6.07) is 7.75. The Balaban J connectivity index is 1.71. The van der Waals surface area contributed by atoms with Gasteiger partial charge in [-0.15, -0.1) is 0 Å². The van der Waals surface area contributed by atoms with Crippen molar-refractivity contribution >= 4 is 38.7 Å². The zero-order valence-corrected chi connectivity index (χ0v) is 14.3. The van der Waals surface area contributed by atoms with Crippen molar-refractivity contribution in [1.29, 1.82) is 0 Å². The monoisotopic (exact) mass is 378 g/mol. The lowest BCUT2D eigenvalue weighted by Crippen LogP contribution is -2.40. The zero-order chi connectivity index (χ0) is 16.4. The molecule has 0 saturated carbocycles. The van der Waals surface area contributed by atoms with Crippen LogP contribution in [0.2, 0.25) is 0 Å². The Labute approximate surface area is 142 Å². The quantitative estimate of drug-likeness (QED) is 0.852. The van der Waals surface area contributed by atoms with Gasteiger partial charge in [0.2, 0.25) is 0 Å². The van der Waals surface area contributed by atoms with Crippen LogP contribution in [0, 0.1) is 5.92 Å². The van der Waals surface area contributed by atoms with Crippen LogP contribution in [0.1, 0.15) is 36.2 Å². The third-order valence-electron chi connectivity index (χ3n) is 4.39. The van der Waals surface area contributed by atoms with Crippen LogP contribution in [0.4, 0.5) is 0 Å². The molecule has 1 aliphatic heterocycles. The first-order valence-corrected chi connectivity index (χ1v) is 8.61. The van der Waals surface area contributed by atoms with Gasteiger partial charge in [-0.05, 0) is 49.4 Å². The van der Waals surface area contributed by atoms with Crippen molar-refractivity contribution in [3.05, 3.63) is 34.4 Å². The summed E-state index contributed by atoms with van der Waals surface area (Å²) < 4.78 is 0.981. The summed E-state index contributed by atoms with van der Waals surface area (Å²) in [6.45, 7) is 1.38. The number of aliphatic carboxylic acids is 1. The Hall–Kier alpha value is -1.82. The molecule has 23 heavy (non-hydrogen) atoms. The fourth-order valence-electron chi connectivity index (χ4n) is 3.20. The number of benzene rings is 1. The number of carboxylic acids is 1. The minimum atomic E-state index is -0.769. The highest BCUT2D eigenvalue weighted by Gasteiger charge is 2.25. The highest BCUT2D eigenvalue weighted by Crippen LogP contribution is 2.25. The molecule has 1 amide bonds. The number of halogens is 1. The van der Waals surface area contributed by atoms with Crippen LogP contribution in [0.15, 0.2) is 28.7 Å². The van der Waals surface area contributed by atoms with Crippen molar-refractivity contribution in [2.45, 2.75) is 25.7 Å². The second-order valence-electron chi connectivity index (χ2n) is 6.11. The maximum Gasteiger partial charge on any atom is 0.303 e. The van der Waals surface area contributed by atoms with E-state index in [1.807, 2.05) is 29.2 Å². The second-order valence-corrected chi connectivity index (χ2v) is 7.02. The van der Waals surface area contributed by atoms with Crippen LogP contribution >= 0.6 is 15.9 Å². The van der Waals surface area contributed by atoms with E-state index >= 15 is 0 Å². The lowest BCUT2D eigenvalue weighted by atomic mass is 9.93. The Bertz CT molecular complexity index is 741. The summed E-state index contributed by atoms with van der Waals surface area (Å²) in [4.78, 5) is 28.4. The molecule has 5 nitrogen and oxygen atoms in total. The van der Waals surface area contributed by atoms with Crippen molar-refractivity contribution in [3.63, 3.8) is 0 Å². The van der Waals surface area contributed by atoms with Crippen LogP contribution in [0.5, 0.6) is 0 Å². The number of H-pyrrole nitrogens is 1. The molecule has 1 saturated heterocycles. The second kappa shape index (κ2) is 6.74. The predicted molar refractivity (Wildman–Crippen MR) is 91.5 cm³/mol. The fraction of sp³-hybridized carbons (Fsp3) is 0.412. The van der Waals surface area contributed by atoms with Gasteiger partial charge in [-0.25, -0.2) is 0 Å². The average molecular weight is 379 g/mol. The summed E-state index contributed by atoms with van der Waals surface area (Å²) in [5.74, 6) is -0.491. The fourth-order valence-corrected chi connectivity index (χ4v) is 3.58. The number of piperidine rings is 1. The van der Waals surface area contributed by atoms with Gasteiger partial charge in [-0.1, -0.05) is 15.9 Å². The first-order valence-electron chi connectivity index (χ1n) is 7.82. The Morgan fingerprint density at radius 1 is 1.35 bits per heavy atom. The van der Waals surface area contributed by atoms with Gasteiger partial charge in [0.15, 0.2) is 0 Å². The molecule has 1 aromatic carbocycles. The van der Waals surface area contributed by atoms with Gasteiger partial charge < -0.3 is 15.0 Å². The number of aromatic amines is 1. The number of fused-ring (bicyclic) bond motifs is 1. The third kappa shape index (κ3) is 3.75. The Morgan fingerprint density at radius 2 is 2.17 bits per heavy atom. The van der Waals surface area contributed by atoms with Crippen molar-refractivity contribution in [2.75, 3.05) is 13.1 Å². The molecule has 1 atom stereocenters. The maximum absolute atomic E-state index is 12.7. The lowest BCUT2D eigenvalue weighted by molar-refractivity contribution is -0.137. The van der Waals surface area contributed by atoms with E-state index in [1.165, 1.54) is 0 Å².